The lowest BCUT2D eigenvalue weighted by Gasteiger charge is -2.24. The molecule has 0 unspecified atom stereocenters. The largest absolute Gasteiger partial charge is 0.353 e. The van der Waals surface area contributed by atoms with E-state index in [2.05, 4.69) is 16.0 Å². The highest BCUT2D eigenvalue weighted by atomic mass is 16.2. The molecule has 0 aromatic rings. The Kier molecular flexibility index (Phi) is 4.84. The fourth-order valence-corrected chi connectivity index (χ4v) is 2.89. The molecule has 5 nitrogen and oxygen atoms in total. The van der Waals surface area contributed by atoms with Gasteiger partial charge in [0.15, 0.2) is 5.96 Å². The Labute approximate surface area is 109 Å². The minimum absolute atomic E-state index is 0.136. The molecule has 2 aliphatic rings. The first-order valence-corrected chi connectivity index (χ1v) is 7.16. The molecule has 0 heterocycles. The lowest BCUT2D eigenvalue weighted by Crippen LogP contribution is -2.50. The minimum atomic E-state index is -0.241. The van der Waals surface area contributed by atoms with E-state index in [0.29, 0.717) is 12.1 Å². The second-order valence-electron chi connectivity index (χ2n) is 5.43. The Balaban J connectivity index is 1.64. The van der Waals surface area contributed by atoms with Crippen molar-refractivity contribution >= 4 is 12.0 Å². The molecule has 0 saturated heterocycles. The van der Waals surface area contributed by atoms with Crippen LogP contribution in [-0.4, -0.2) is 24.1 Å². The highest BCUT2D eigenvalue weighted by Gasteiger charge is 2.18. The first kappa shape index (κ1) is 13.2. The van der Waals surface area contributed by atoms with Gasteiger partial charge in [0, 0.05) is 12.1 Å². The molecular formula is C13H24N4O. The van der Waals surface area contributed by atoms with Crippen LogP contribution in [0.5, 0.6) is 0 Å². The van der Waals surface area contributed by atoms with Gasteiger partial charge in [0.25, 0.3) is 0 Å². The summed E-state index contributed by atoms with van der Waals surface area (Å²) in [4.78, 5) is 11.6. The molecule has 0 spiro atoms. The van der Waals surface area contributed by atoms with Gasteiger partial charge in [0.2, 0.25) is 0 Å². The Hall–Kier alpha value is -1.26. The normalized spacial score (nSPS) is 21.6. The first-order valence-electron chi connectivity index (χ1n) is 7.16. The average molecular weight is 252 g/mol. The van der Waals surface area contributed by atoms with Crippen molar-refractivity contribution in [3.05, 3.63) is 0 Å². The highest BCUT2D eigenvalue weighted by Crippen LogP contribution is 2.18. The van der Waals surface area contributed by atoms with Gasteiger partial charge < -0.3 is 10.6 Å². The smallest absolute Gasteiger partial charge is 0.321 e. The number of rotatable bonds is 2. The van der Waals surface area contributed by atoms with Crippen LogP contribution in [0, 0.1) is 5.41 Å². The lowest BCUT2D eigenvalue weighted by atomic mass is 9.96. The first-order chi connectivity index (χ1) is 8.74. The zero-order valence-electron chi connectivity index (χ0n) is 10.9. The van der Waals surface area contributed by atoms with Gasteiger partial charge in [-0.05, 0) is 25.7 Å². The van der Waals surface area contributed by atoms with E-state index in [1.807, 2.05) is 0 Å². The summed E-state index contributed by atoms with van der Waals surface area (Å²) < 4.78 is 0. The molecular weight excluding hydrogens is 228 g/mol. The summed E-state index contributed by atoms with van der Waals surface area (Å²) in [5.74, 6) is 0.136. The second kappa shape index (κ2) is 6.61. The number of carbonyl (C=O) groups excluding carboxylic acids is 1. The number of hydrogen-bond donors (Lipinski definition) is 4. The van der Waals surface area contributed by atoms with Crippen molar-refractivity contribution in [3.63, 3.8) is 0 Å². The van der Waals surface area contributed by atoms with Crippen LogP contribution in [-0.2, 0) is 0 Å². The lowest BCUT2D eigenvalue weighted by molar-refractivity contribution is 0.241. The summed E-state index contributed by atoms with van der Waals surface area (Å²) in [7, 11) is 0. The van der Waals surface area contributed by atoms with Gasteiger partial charge in [-0.1, -0.05) is 32.1 Å². The van der Waals surface area contributed by atoms with E-state index < -0.39 is 0 Å². The van der Waals surface area contributed by atoms with Crippen LogP contribution in [0.2, 0.25) is 0 Å². The van der Waals surface area contributed by atoms with E-state index in [1.54, 1.807) is 0 Å². The van der Waals surface area contributed by atoms with E-state index in [4.69, 9.17) is 5.41 Å². The molecule has 0 radical (unpaired) electrons. The molecule has 0 aromatic carbocycles. The van der Waals surface area contributed by atoms with E-state index in [-0.39, 0.29) is 12.0 Å². The van der Waals surface area contributed by atoms with Gasteiger partial charge >= 0.3 is 6.03 Å². The van der Waals surface area contributed by atoms with Crippen LogP contribution in [0.15, 0.2) is 0 Å². The molecule has 2 rings (SSSR count). The minimum Gasteiger partial charge on any atom is -0.353 e. The summed E-state index contributed by atoms with van der Waals surface area (Å²) >= 11 is 0. The third kappa shape index (κ3) is 4.20. The summed E-state index contributed by atoms with van der Waals surface area (Å²) in [6, 6.07) is 0.417. The number of nitrogens with one attached hydrogen (secondary N) is 4. The van der Waals surface area contributed by atoms with E-state index in [0.717, 1.165) is 25.7 Å². The molecule has 2 aliphatic carbocycles. The van der Waals surface area contributed by atoms with Crippen LogP contribution in [0.3, 0.4) is 0 Å². The van der Waals surface area contributed by atoms with Crippen molar-refractivity contribution in [1.29, 1.82) is 5.41 Å². The molecule has 2 saturated carbocycles. The molecule has 0 atom stereocenters. The zero-order chi connectivity index (χ0) is 12.8. The Morgan fingerprint density at radius 1 is 0.833 bits per heavy atom. The van der Waals surface area contributed by atoms with Crippen molar-refractivity contribution in [2.45, 2.75) is 69.9 Å². The van der Waals surface area contributed by atoms with E-state index in [9.17, 15) is 4.79 Å². The van der Waals surface area contributed by atoms with Gasteiger partial charge in [-0.2, -0.15) is 0 Å². The number of carbonyl (C=O) groups is 1. The third-order valence-corrected chi connectivity index (χ3v) is 3.88. The van der Waals surface area contributed by atoms with Crippen molar-refractivity contribution in [1.82, 2.24) is 16.0 Å². The van der Waals surface area contributed by atoms with Crippen molar-refractivity contribution in [2.24, 2.45) is 0 Å². The molecule has 0 aliphatic heterocycles. The fourth-order valence-electron chi connectivity index (χ4n) is 2.89. The van der Waals surface area contributed by atoms with Crippen LogP contribution < -0.4 is 16.0 Å². The number of guanidine groups is 1. The molecule has 5 heteroatoms. The SMILES string of the molecule is N=C(NC(=O)NC1CCCC1)NC1CCCCC1. The number of hydrogen-bond acceptors (Lipinski definition) is 2. The molecule has 2 amide bonds. The van der Waals surface area contributed by atoms with Crippen LogP contribution in [0.1, 0.15) is 57.8 Å². The summed E-state index contributed by atoms with van der Waals surface area (Å²) in [5, 5.41) is 16.3. The van der Waals surface area contributed by atoms with E-state index in [1.165, 1.54) is 32.1 Å². The quantitative estimate of drug-likeness (QED) is 0.448. The van der Waals surface area contributed by atoms with Gasteiger partial charge in [0.05, 0.1) is 0 Å². The van der Waals surface area contributed by atoms with Crippen LogP contribution >= 0.6 is 0 Å². The maximum atomic E-state index is 11.6. The Morgan fingerprint density at radius 3 is 1.94 bits per heavy atom. The standard InChI is InChI=1S/C13H24N4O/c14-12(15-10-6-2-1-3-7-10)17-13(18)16-11-8-4-5-9-11/h10-11H,1-9H2,(H4,14,15,16,17,18). The summed E-state index contributed by atoms with van der Waals surface area (Å²) in [6.45, 7) is 0. The predicted octanol–water partition coefficient (Wildman–Crippen LogP) is 2.09. The second-order valence-corrected chi connectivity index (χ2v) is 5.43. The van der Waals surface area contributed by atoms with Gasteiger partial charge in [-0.15, -0.1) is 0 Å². The number of amides is 2. The topological polar surface area (TPSA) is 77.0 Å². The zero-order valence-corrected chi connectivity index (χ0v) is 10.9. The van der Waals surface area contributed by atoms with Crippen LogP contribution in [0.4, 0.5) is 4.79 Å². The number of urea groups is 1. The Morgan fingerprint density at radius 2 is 1.33 bits per heavy atom. The van der Waals surface area contributed by atoms with Crippen molar-refractivity contribution in [3.8, 4) is 0 Å². The van der Waals surface area contributed by atoms with Gasteiger partial charge in [-0.3, -0.25) is 10.7 Å². The fraction of sp³-hybridized carbons (Fsp3) is 0.846. The van der Waals surface area contributed by atoms with Crippen molar-refractivity contribution in [2.75, 3.05) is 0 Å². The molecule has 2 fully saturated rings. The maximum Gasteiger partial charge on any atom is 0.321 e. The third-order valence-electron chi connectivity index (χ3n) is 3.88. The highest BCUT2D eigenvalue weighted by molar-refractivity contribution is 5.94. The Bertz CT molecular complexity index is 293. The summed E-state index contributed by atoms with van der Waals surface area (Å²) in [6.07, 6.45) is 10.5. The molecule has 4 N–H and O–H groups in total. The van der Waals surface area contributed by atoms with E-state index >= 15 is 0 Å². The van der Waals surface area contributed by atoms with Crippen LogP contribution in [0.25, 0.3) is 0 Å². The average Bonchev–Trinajstić information content (AvgIpc) is 2.82. The molecule has 102 valence electrons. The monoisotopic (exact) mass is 252 g/mol. The summed E-state index contributed by atoms with van der Waals surface area (Å²) in [5.41, 5.74) is 0. The predicted molar refractivity (Wildman–Crippen MR) is 71.7 cm³/mol. The molecule has 18 heavy (non-hydrogen) atoms. The van der Waals surface area contributed by atoms with Crippen molar-refractivity contribution < 1.29 is 4.79 Å². The molecule has 0 aromatic heterocycles. The molecule has 0 bridgehead atoms. The van der Waals surface area contributed by atoms with Gasteiger partial charge in [-0.25, -0.2) is 4.79 Å². The van der Waals surface area contributed by atoms with Gasteiger partial charge in [0.1, 0.15) is 0 Å². The maximum absolute atomic E-state index is 11.6.